The van der Waals surface area contributed by atoms with Crippen molar-refractivity contribution in [2.45, 2.75) is 38.5 Å². The molecule has 2 aromatic rings. The van der Waals surface area contributed by atoms with Gasteiger partial charge in [0.15, 0.2) is 0 Å². The minimum Gasteiger partial charge on any atom is -0.351 e. The van der Waals surface area contributed by atoms with Crippen LogP contribution < -0.4 is 5.32 Å². The monoisotopic (exact) mass is 307 g/mol. The van der Waals surface area contributed by atoms with Crippen molar-refractivity contribution < 1.29 is 4.79 Å². The fraction of sp³-hybridized carbons (Fsp3) is 0.643. The van der Waals surface area contributed by atoms with Crippen molar-refractivity contribution in [3.8, 4) is 0 Å². The van der Waals surface area contributed by atoms with Gasteiger partial charge < -0.3 is 10.2 Å². The van der Waals surface area contributed by atoms with Crippen LogP contribution in [0.1, 0.15) is 44.2 Å². The Balaban J connectivity index is 1.65. The molecule has 21 heavy (non-hydrogen) atoms. The van der Waals surface area contributed by atoms with E-state index in [1.54, 1.807) is 11.9 Å². The average molecular weight is 307 g/mol. The predicted molar refractivity (Wildman–Crippen MR) is 83.9 cm³/mol. The summed E-state index contributed by atoms with van der Waals surface area (Å²) in [4.78, 5) is 19.0. The molecule has 0 aliphatic heterocycles. The molecule has 114 valence electrons. The first-order valence-electron chi connectivity index (χ1n) is 7.51. The summed E-state index contributed by atoms with van der Waals surface area (Å²) in [7, 11) is 1.80. The van der Waals surface area contributed by atoms with Crippen LogP contribution in [0.15, 0.2) is 6.20 Å². The zero-order valence-corrected chi connectivity index (χ0v) is 13.3. The molecule has 1 fully saturated rings. The molecule has 0 spiro atoms. The molecule has 1 aliphatic carbocycles. The highest BCUT2D eigenvalue weighted by Gasteiger charge is 2.21. The molecule has 0 saturated heterocycles. The van der Waals surface area contributed by atoms with Crippen LogP contribution in [0.5, 0.6) is 0 Å². The lowest BCUT2D eigenvalue weighted by atomic mass is 10.1. The molecule has 3 rings (SSSR count). The minimum absolute atomic E-state index is 0.0667. The van der Waals surface area contributed by atoms with Crippen molar-refractivity contribution in [3.05, 3.63) is 11.9 Å². The van der Waals surface area contributed by atoms with Gasteiger partial charge in [-0.3, -0.25) is 4.79 Å². The van der Waals surface area contributed by atoms with Gasteiger partial charge in [0.2, 0.25) is 16.0 Å². The van der Waals surface area contributed by atoms with Gasteiger partial charge in [0.1, 0.15) is 0 Å². The summed E-state index contributed by atoms with van der Waals surface area (Å²) in [5.74, 6) is 0.673. The zero-order valence-electron chi connectivity index (χ0n) is 12.5. The average Bonchev–Trinajstić information content (AvgIpc) is 3.17. The summed E-state index contributed by atoms with van der Waals surface area (Å²) < 4.78 is 1.83. The van der Waals surface area contributed by atoms with Gasteiger partial charge in [0.25, 0.3) is 0 Å². The number of carbonyl (C=O) groups excluding carboxylic acids is 1. The van der Waals surface area contributed by atoms with Crippen LogP contribution in [-0.2, 0) is 4.79 Å². The first kappa shape index (κ1) is 14.3. The number of hydrogen-bond acceptors (Lipinski definition) is 5. The van der Waals surface area contributed by atoms with Gasteiger partial charge in [-0.2, -0.15) is 0 Å². The van der Waals surface area contributed by atoms with Crippen molar-refractivity contribution in [1.29, 1.82) is 0 Å². The standard InChI is InChI=1S/C14H21N5OS/c1-3-18(2)12(20)8-15-13-17-19-9-11(16-14(19)21-13)10-6-4-5-7-10/h9-10H,3-8H2,1-2H3,(H,15,17). The molecule has 1 aliphatic rings. The molecule has 2 heterocycles. The molecule has 1 N–H and O–H groups in total. The highest BCUT2D eigenvalue weighted by Crippen LogP contribution is 2.34. The number of likely N-dealkylation sites (N-methyl/N-ethyl adjacent to an activating group) is 1. The number of rotatable bonds is 5. The molecule has 0 radical (unpaired) electrons. The van der Waals surface area contributed by atoms with E-state index in [0.717, 1.165) is 10.1 Å². The molecule has 1 saturated carbocycles. The van der Waals surface area contributed by atoms with E-state index in [1.807, 2.05) is 17.6 Å². The van der Waals surface area contributed by atoms with Crippen LogP contribution in [-0.4, -0.2) is 45.5 Å². The van der Waals surface area contributed by atoms with E-state index < -0.39 is 0 Å². The second kappa shape index (κ2) is 6.01. The lowest BCUT2D eigenvalue weighted by molar-refractivity contribution is -0.127. The Bertz CT molecular complexity index is 597. The molecule has 0 atom stereocenters. The normalized spacial score (nSPS) is 15.7. The van der Waals surface area contributed by atoms with Gasteiger partial charge in [0, 0.05) is 19.5 Å². The Morgan fingerprint density at radius 1 is 1.52 bits per heavy atom. The summed E-state index contributed by atoms with van der Waals surface area (Å²) in [6.07, 6.45) is 7.14. The second-order valence-corrected chi connectivity index (χ2v) is 6.50. The Hall–Kier alpha value is -1.63. The van der Waals surface area contributed by atoms with E-state index >= 15 is 0 Å². The highest BCUT2D eigenvalue weighted by molar-refractivity contribution is 7.20. The van der Waals surface area contributed by atoms with Crippen LogP contribution in [0.25, 0.3) is 4.96 Å². The van der Waals surface area contributed by atoms with Gasteiger partial charge >= 0.3 is 0 Å². The molecular weight excluding hydrogens is 286 g/mol. The Labute approximate surface area is 128 Å². The molecule has 7 heteroatoms. The maximum absolute atomic E-state index is 11.7. The second-order valence-electron chi connectivity index (χ2n) is 5.54. The number of hydrogen-bond donors (Lipinski definition) is 1. The zero-order chi connectivity index (χ0) is 14.8. The fourth-order valence-electron chi connectivity index (χ4n) is 2.67. The number of fused-ring (bicyclic) bond motifs is 1. The SMILES string of the molecule is CCN(C)C(=O)CNc1nn2cc(C3CCCC3)nc2s1. The molecule has 0 unspecified atom stereocenters. The Morgan fingerprint density at radius 3 is 2.95 bits per heavy atom. The quantitative estimate of drug-likeness (QED) is 0.921. The Kier molecular flexibility index (Phi) is 4.10. The van der Waals surface area contributed by atoms with E-state index in [2.05, 4.69) is 15.4 Å². The van der Waals surface area contributed by atoms with Crippen molar-refractivity contribution in [1.82, 2.24) is 19.5 Å². The summed E-state index contributed by atoms with van der Waals surface area (Å²) in [5, 5.41) is 8.28. The molecule has 6 nitrogen and oxygen atoms in total. The van der Waals surface area contributed by atoms with Gasteiger partial charge in [0.05, 0.1) is 18.4 Å². The fourth-order valence-corrected chi connectivity index (χ4v) is 3.45. The van der Waals surface area contributed by atoms with Crippen molar-refractivity contribution >= 4 is 27.3 Å². The molecule has 2 aromatic heterocycles. The maximum atomic E-state index is 11.7. The largest absolute Gasteiger partial charge is 0.351 e. The van der Waals surface area contributed by atoms with Crippen LogP contribution in [0.2, 0.25) is 0 Å². The van der Waals surface area contributed by atoms with Crippen LogP contribution in [0.3, 0.4) is 0 Å². The molecular formula is C14H21N5OS. The van der Waals surface area contributed by atoms with Crippen LogP contribution >= 0.6 is 11.3 Å². The third kappa shape index (κ3) is 3.02. The van der Waals surface area contributed by atoms with E-state index in [1.165, 1.54) is 42.7 Å². The molecule has 0 aromatic carbocycles. The van der Waals surface area contributed by atoms with E-state index in [4.69, 9.17) is 0 Å². The number of amides is 1. The summed E-state index contributed by atoms with van der Waals surface area (Å²) in [6, 6.07) is 0. The summed E-state index contributed by atoms with van der Waals surface area (Å²) >= 11 is 1.50. The Morgan fingerprint density at radius 2 is 2.29 bits per heavy atom. The topological polar surface area (TPSA) is 62.5 Å². The maximum Gasteiger partial charge on any atom is 0.241 e. The van der Waals surface area contributed by atoms with Crippen molar-refractivity contribution in [2.24, 2.45) is 0 Å². The number of anilines is 1. The summed E-state index contributed by atoms with van der Waals surface area (Å²) in [5.41, 5.74) is 1.17. The first-order valence-corrected chi connectivity index (χ1v) is 8.33. The smallest absolute Gasteiger partial charge is 0.241 e. The first-order chi connectivity index (χ1) is 10.2. The number of nitrogens with zero attached hydrogens (tertiary/aromatic N) is 4. The van der Waals surface area contributed by atoms with Gasteiger partial charge in [-0.1, -0.05) is 24.2 Å². The third-order valence-corrected chi connectivity index (χ3v) is 5.01. The number of nitrogens with one attached hydrogen (secondary N) is 1. The lowest BCUT2D eigenvalue weighted by Gasteiger charge is -2.13. The van der Waals surface area contributed by atoms with E-state index in [9.17, 15) is 4.79 Å². The van der Waals surface area contributed by atoms with Crippen LogP contribution in [0, 0.1) is 0 Å². The van der Waals surface area contributed by atoms with Gasteiger partial charge in [-0.15, -0.1) is 5.10 Å². The number of carbonyl (C=O) groups is 1. The predicted octanol–water partition coefficient (Wildman–Crippen LogP) is 2.34. The van der Waals surface area contributed by atoms with Gasteiger partial charge in [-0.05, 0) is 19.8 Å². The van der Waals surface area contributed by atoms with E-state index in [0.29, 0.717) is 12.5 Å². The summed E-state index contributed by atoms with van der Waals surface area (Å²) in [6.45, 7) is 2.95. The lowest BCUT2D eigenvalue weighted by Crippen LogP contribution is -2.31. The number of aromatic nitrogens is 3. The van der Waals surface area contributed by atoms with Crippen molar-refractivity contribution in [3.63, 3.8) is 0 Å². The van der Waals surface area contributed by atoms with E-state index in [-0.39, 0.29) is 12.5 Å². The molecule has 0 bridgehead atoms. The van der Waals surface area contributed by atoms with Crippen LogP contribution in [0.4, 0.5) is 5.13 Å². The third-order valence-electron chi connectivity index (χ3n) is 4.13. The van der Waals surface area contributed by atoms with Gasteiger partial charge in [-0.25, -0.2) is 9.50 Å². The number of imidazole rings is 1. The minimum atomic E-state index is 0.0667. The highest BCUT2D eigenvalue weighted by atomic mass is 32.1. The van der Waals surface area contributed by atoms with Crippen molar-refractivity contribution in [2.75, 3.05) is 25.5 Å². The molecule has 1 amide bonds.